The van der Waals surface area contributed by atoms with Crippen LogP contribution in [0, 0.1) is 0 Å². The van der Waals surface area contributed by atoms with Gasteiger partial charge in [0.1, 0.15) is 17.5 Å². The summed E-state index contributed by atoms with van der Waals surface area (Å²) in [5, 5.41) is 3.69. The van der Waals surface area contributed by atoms with Crippen molar-refractivity contribution >= 4 is 18.5 Å². The lowest BCUT2D eigenvalue weighted by Crippen LogP contribution is -2.58. The van der Waals surface area contributed by atoms with E-state index in [4.69, 9.17) is 9.47 Å². The maximum Gasteiger partial charge on any atom is 0.247 e. The molecule has 0 saturated carbocycles. The van der Waals surface area contributed by atoms with E-state index in [0.717, 1.165) is 61.2 Å². The first-order valence-corrected chi connectivity index (χ1v) is 12.2. The lowest BCUT2D eigenvalue weighted by atomic mass is 9.81. The Kier molecular flexibility index (Phi) is 7.26. The highest BCUT2D eigenvalue weighted by Gasteiger charge is 2.43. The van der Waals surface area contributed by atoms with E-state index in [1.807, 2.05) is 28.1 Å². The number of carbonyl (C=O) groups excluding carboxylic acids is 2. The maximum absolute atomic E-state index is 12.9. The number of carbonyl (C=O) groups is 2. The number of likely N-dealkylation sites (tertiary alicyclic amines) is 1. The second-order valence-electron chi connectivity index (χ2n) is 9.34. The van der Waals surface area contributed by atoms with Crippen molar-refractivity contribution in [1.29, 1.82) is 0 Å². The first-order chi connectivity index (χ1) is 16.5. The largest absolute Gasteiger partial charge is 0.497 e. The van der Waals surface area contributed by atoms with Crippen molar-refractivity contribution in [2.24, 2.45) is 4.99 Å². The minimum atomic E-state index is -0.390. The third-order valence-corrected chi connectivity index (χ3v) is 7.37. The van der Waals surface area contributed by atoms with Crippen LogP contribution in [-0.4, -0.2) is 73.8 Å². The highest BCUT2D eigenvalue weighted by atomic mass is 16.5. The standard InChI is InChI=1S/C26H36N4O4/c1-5-28-26(8-11-29(12-9-26)25(32)21-7-6-10-27-21)23-13-18(2)24-19(16-30(23)17-31)14-20(33-3)15-22(24)34-4/h10,13-15,17-18,21,28H,5-9,11-12,16H2,1-4H3. The zero-order valence-corrected chi connectivity index (χ0v) is 20.7. The molecular formula is C26H36N4O4. The van der Waals surface area contributed by atoms with Crippen molar-refractivity contribution in [3.05, 3.63) is 35.0 Å². The number of hydrogen-bond donors (Lipinski definition) is 1. The Morgan fingerprint density at radius 2 is 2.03 bits per heavy atom. The first kappa shape index (κ1) is 24.3. The Morgan fingerprint density at radius 3 is 2.62 bits per heavy atom. The topological polar surface area (TPSA) is 83.5 Å². The summed E-state index contributed by atoms with van der Waals surface area (Å²) in [6.45, 7) is 6.71. The molecule has 1 N–H and O–H groups in total. The van der Waals surface area contributed by atoms with Crippen LogP contribution in [0.3, 0.4) is 0 Å². The minimum Gasteiger partial charge on any atom is -0.497 e. The van der Waals surface area contributed by atoms with Gasteiger partial charge >= 0.3 is 0 Å². The summed E-state index contributed by atoms with van der Waals surface area (Å²) in [7, 11) is 3.30. The van der Waals surface area contributed by atoms with E-state index in [2.05, 4.69) is 30.2 Å². The normalized spacial score (nSPS) is 23.7. The summed E-state index contributed by atoms with van der Waals surface area (Å²) < 4.78 is 11.2. The summed E-state index contributed by atoms with van der Waals surface area (Å²) in [5.74, 6) is 1.64. The van der Waals surface area contributed by atoms with Gasteiger partial charge in [0, 0.05) is 36.3 Å². The second-order valence-corrected chi connectivity index (χ2v) is 9.34. The molecule has 3 aliphatic rings. The lowest BCUT2D eigenvalue weighted by molar-refractivity contribution is -0.134. The summed E-state index contributed by atoms with van der Waals surface area (Å²) >= 11 is 0. The van der Waals surface area contributed by atoms with Crippen LogP contribution in [-0.2, 0) is 16.1 Å². The van der Waals surface area contributed by atoms with Gasteiger partial charge in [0.2, 0.25) is 12.3 Å². The van der Waals surface area contributed by atoms with Crippen molar-refractivity contribution in [3.8, 4) is 11.5 Å². The molecule has 2 atom stereocenters. The van der Waals surface area contributed by atoms with Gasteiger partial charge in [-0.3, -0.25) is 14.6 Å². The van der Waals surface area contributed by atoms with Crippen molar-refractivity contribution in [2.75, 3.05) is 33.9 Å². The third-order valence-electron chi connectivity index (χ3n) is 7.37. The quantitative estimate of drug-likeness (QED) is 0.622. The molecule has 3 aliphatic heterocycles. The number of hydrogen-bond acceptors (Lipinski definition) is 6. The summed E-state index contributed by atoms with van der Waals surface area (Å²) in [4.78, 5) is 33.4. The fourth-order valence-corrected chi connectivity index (χ4v) is 5.68. The van der Waals surface area contributed by atoms with Crippen LogP contribution in [0.15, 0.2) is 28.9 Å². The second kappa shape index (κ2) is 10.2. The molecule has 0 aliphatic carbocycles. The van der Waals surface area contributed by atoms with Crippen molar-refractivity contribution < 1.29 is 19.1 Å². The molecule has 0 spiro atoms. The van der Waals surface area contributed by atoms with Gasteiger partial charge in [-0.05, 0) is 50.1 Å². The van der Waals surface area contributed by atoms with Crippen molar-refractivity contribution in [3.63, 3.8) is 0 Å². The summed E-state index contributed by atoms with van der Waals surface area (Å²) in [5.41, 5.74) is 2.67. The van der Waals surface area contributed by atoms with Gasteiger partial charge in [0.05, 0.1) is 26.3 Å². The molecule has 8 nitrogen and oxygen atoms in total. The number of piperidine rings is 1. The number of benzene rings is 1. The van der Waals surface area contributed by atoms with E-state index in [1.165, 1.54) is 0 Å². The van der Waals surface area contributed by atoms with Gasteiger partial charge < -0.3 is 24.6 Å². The van der Waals surface area contributed by atoms with Gasteiger partial charge in [-0.1, -0.05) is 19.9 Å². The van der Waals surface area contributed by atoms with E-state index < -0.39 is 0 Å². The molecule has 2 amide bonds. The maximum atomic E-state index is 12.9. The molecule has 3 heterocycles. The number of allylic oxidation sites excluding steroid dienone is 1. The molecule has 2 unspecified atom stereocenters. The smallest absolute Gasteiger partial charge is 0.247 e. The summed E-state index contributed by atoms with van der Waals surface area (Å²) in [6.07, 6.45) is 8.12. The molecule has 0 bridgehead atoms. The van der Waals surface area contributed by atoms with Crippen LogP contribution in [0.4, 0.5) is 0 Å². The molecule has 34 heavy (non-hydrogen) atoms. The van der Waals surface area contributed by atoms with E-state index in [9.17, 15) is 9.59 Å². The number of amides is 2. The first-order valence-electron chi connectivity index (χ1n) is 12.2. The molecule has 184 valence electrons. The Balaban J connectivity index is 1.65. The van der Waals surface area contributed by atoms with E-state index in [0.29, 0.717) is 25.4 Å². The highest BCUT2D eigenvalue weighted by molar-refractivity contribution is 5.85. The number of nitrogens with zero attached hydrogens (tertiary/aromatic N) is 3. The van der Waals surface area contributed by atoms with Gasteiger partial charge in [-0.15, -0.1) is 0 Å². The number of aliphatic imine (C=N–C) groups is 1. The van der Waals surface area contributed by atoms with E-state index >= 15 is 0 Å². The van der Waals surface area contributed by atoms with Crippen LogP contribution in [0.5, 0.6) is 11.5 Å². The number of fused-ring (bicyclic) bond motifs is 1. The highest BCUT2D eigenvalue weighted by Crippen LogP contribution is 2.42. The molecule has 0 radical (unpaired) electrons. The average molecular weight is 469 g/mol. The average Bonchev–Trinajstić information content (AvgIpc) is 3.35. The fourth-order valence-electron chi connectivity index (χ4n) is 5.68. The Morgan fingerprint density at radius 1 is 1.26 bits per heavy atom. The minimum absolute atomic E-state index is 0.0406. The fraction of sp³-hybridized carbons (Fsp3) is 0.577. The number of methoxy groups -OCH3 is 2. The predicted molar refractivity (Wildman–Crippen MR) is 131 cm³/mol. The number of ether oxygens (including phenoxy) is 2. The van der Waals surface area contributed by atoms with Crippen molar-refractivity contribution in [1.82, 2.24) is 15.1 Å². The van der Waals surface area contributed by atoms with Crippen LogP contribution >= 0.6 is 0 Å². The van der Waals surface area contributed by atoms with E-state index in [-0.39, 0.29) is 23.4 Å². The third kappa shape index (κ3) is 4.43. The van der Waals surface area contributed by atoms with Crippen LogP contribution in [0.25, 0.3) is 0 Å². The molecule has 8 heteroatoms. The molecule has 1 aromatic carbocycles. The summed E-state index contributed by atoms with van der Waals surface area (Å²) in [6, 6.07) is 3.66. The Labute approximate surface area is 202 Å². The molecule has 1 fully saturated rings. The van der Waals surface area contributed by atoms with Crippen LogP contribution in [0.2, 0.25) is 0 Å². The SMILES string of the molecule is CCNC1(C2=CC(C)c3c(cc(OC)cc3OC)CN2C=O)CCN(C(=O)C2CCC=N2)CC1. The molecular weight excluding hydrogens is 432 g/mol. The Hall–Kier alpha value is -2.87. The molecule has 0 aromatic heterocycles. The number of nitrogens with one attached hydrogen (secondary N) is 1. The molecule has 4 rings (SSSR count). The van der Waals surface area contributed by atoms with Crippen molar-refractivity contribution in [2.45, 2.75) is 63.6 Å². The Bertz CT molecular complexity index is 981. The lowest BCUT2D eigenvalue weighted by Gasteiger charge is -2.46. The molecule has 1 saturated heterocycles. The zero-order valence-electron chi connectivity index (χ0n) is 20.7. The monoisotopic (exact) mass is 468 g/mol. The van der Waals surface area contributed by atoms with Gasteiger partial charge in [-0.25, -0.2) is 0 Å². The number of likely N-dealkylation sites (N-methyl/N-ethyl adjacent to an activating group) is 1. The predicted octanol–water partition coefficient (Wildman–Crippen LogP) is 2.87. The number of rotatable bonds is 7. The van der Waals surface area contributed by atoms with Gasteiger partial charge in [-0.2, -0.15) is 0 Å². The van der Waals surface area contributed by atoms with Gasteiger partial charge in [0.25, 0.3) is 0 Å². The zero-order chi connectivity index (χ0) is 24.3. The van der Waals surface area contributed by atoms with Crippen LogP contribution in [0.1, 0.15) is 56.6 Å². The van der Waals surface area contributed by atoms with Crippen LogP contribution < -0.4 is 14.8 Å². The molecule has 1 aromatic rings. The van der Waals surface area contributed by atoms with Gasteiger partial charge in [0.15, 0.2) is 0 Å². The van der Waals surface area contributed by atoms with E-state index in [1.54, 1.807) is 14.2 Å².